The second kappa shape index (κ2) is 9.93. The van der Waals surface area contributed by atoms with Crippen LogP contribution >= 0.6 is 8.58 Å². The fraction of sp³-hybridized carbons (Fsp3) is 0.143. The van der Waals surface area contributed by atoms with E-state index in [4.69, 9.17) is 0 Å². The molecule has 16 heavy (non-hydrogen) atoms. The number of rotatable bonds is 2. The van der Waals surface area contributed by atoms with Crippen LogP contribution in [0.3, 0.4) is 0 Å². The molecule has 0 spiro atoms. The van der Waals surface area contributed by atoms with Gasteiger partial charge in [-0.2, -0.15) is 0 Å². The maximum absolute atomic E-state index is 2.15. The zero-order valence-corrected chi connectivity index (χ0v) is 12.0. The van der Waals surface area contributed by atoms with Gasteiger partial charge < -0.3 is 8.58 Å². The molecular formula is C14H18InP. The normalized spacial score (nSPS) is 8.00. The van der Waals surface area contributed by atoms with Crippen LogP contribution in [0.2, 0.25) is 0 Å². The van der Waals surface area contributed by atoms with Gasteiger partial charge in [-0.15, -0.1) is 0 Å². The predicted octanol–water partition coefficient (Wildman–Crippen LogP) is 3.48. The SMILES string of the molecule is C.C.[In+].c1ccc([P-]c2ccccc2)cc1. The minimum Gasteiger partial charge on any atom is -0.472 e. The van der Waals surface area contributed by atoms with E-state index < -0.39 is 0 Å². The van der Waals surface area contributed by atoms with Crippen LogP contribution in [0.25, 0.3) is 0 Å². The first-order valence-corrected chi connectivity index (χ1v) is 5.16. The van der Waals surface area contributed by atoms with Crippen molar-refractivity contribution in [2.45, 2.75) is 14.9 Å². The monoisotopic (exact) mass is 332 g/mol. The summed E-state index contributed by atoms with van der Waals surface area (Å²) in [5.74, 6) is 0. The minimum absolute atomic E-state index is 0. The largest absolute Gasteiger partial charge is 1.00 e. The molecule has 0 saturated carbocycles. The fourth-order valence-electron chi connectivity index (χ4n) is 1.15. The van der Waals surface area contributed by atoms with Crippen molar-refractivity contribution in [1.29, 1.82) is 0 Å². The molecule has 2 aromatic rings. The van der Waals surface area contributed by atoms with E-state index in [1.807, 2.05) is 12.1 Å². The molecule has 0 N–H and O–H groups in total. The van der Waals surface area contributed by atoms with Crippen LogP contribution in [-0.4, -0.2) is 25.8 Å². The standard InChI is InChI=1S/C12H10P.2CH4.In/c1-3-7-11(8-4-1)13-12-9-5-2-6-10-12;;;/h1-10H;2*1H4;/q-1;;;+1. The molecular weight excluding hydrogens is 314 g/mol. The third-order valence-electron chi connectivity index (χ3n) is 1.77. The molecule has 0 saturated heterocycles. The quantitative estimate of drug-likeness (QED) is 0.739. The first-order chi connectivity index (χ1) is 6.45. The van der Waals surface area contributed by atoms with Crippen molar-refractivity contribution in [2.75, 3.05) is 0 Å². The minimum atomic E-state index is 0. The molecule has 82 valence electrons. The summed E-state index contributed by atoms with van der Waals surface area (Å²) in [5, 5.41) is 2.68. The summed E-state index contributed by atoms with van der Waals surface area (Å²) in [6.07, 6.45) is 0. The van der Waals surface area contributed by atoms with Crippen molar-refractivity contribution in [3.8, 4) is 0 Å². The van der Waals surface area contributed by atoms with Gasteiger partial charge in [0.2, 0.25) is 0 Å². The molecule has 0 atom stereocenters. The zero-order valence-electron chi connectivity index (χ0n) is 7.80. The summed E-state index contributed by atoms with van der Waals surface area (Å²) in [6.45, 7) is 0. The van der Waals surface area contributed by atoms with Crippen LogP contribution < -0.4 is 10.6 Å². The third-order valence-corrected chi connectivity index (χ3v) is 2.88. The van der Waals surface area contributed by atoms with Crippen LogP contribution in [0, 0.1) is 0 Å². The van der Waals surface area contributed by atoms with E-state index >= 15 is 0 Å². The van der Waals surface area contributed by atoms with E-state index in [0.29, 0.717) is 0 Å². The Kier molecular flexibility index (Phi) is 11.2. The van der Waals surface area contributed by atoms with Gasteiger partial charge in [-0.1, -0.05) is 75.5 Å². The molecule has 0 nitrogen and oxygen atoms in total. The van der Waals surface area contributed by atoms with Gasteiger partial charge in [-0.05, 0) is 0 Å². The Bertz CT molecular complexity index is 322. The number of hydrogen-bond donors (Lipinski definition) is 0. The van der Waals surface area contributed by atoms with E-state index in [0.717, 1.165) is 0 Å². The molecule has 0 aliphatic heterocycles. The Morgan fingerprint density at radius 2 is 0.875 bits per heavy atom. The smallest absolute Gasteiger partial charge is 0.472 e. The van der Waals surface area contributed by atoms with Crippen molar-refractivity contribution in [3.05, 3.63) is 60.7 Å². The summed E-state index contributed by atoms with van der Waals surface area (Å²) in [6, 6.07) is 21.0. The van der Waals surface area contributed by atoms with Gasteiger partial charge in [0.15, 0.2) is 0 Å². The van der Waals surface area contributed by atoms with Crippen LogP contribution in [-0.2, 0) is 0 Å². The summed E-state index contributed by atoms with van der Waals surface area (Å²) >= 11 is 0. The van der Waals surface area contributed by atoms with Crippen molar-refractivity contribution < 1.29 is 0 Å². The van der Waals surface area contributed by atoms with Gasteiger partial charge in [0, 0.05) is 0 Å². The molecule has 0 unspecified atom stereocenters. The zero-order chi connectivity index (χ0) is 8.93. The van der Waals surface area contributed by atoms with Crippen molar-refractivity contribution in [1.82, 2.24) is 0 Å². The van der Waals surface area contributed by atoms with Crippen LogP contribution in [0.5, 0.6) is 0 Å². The van der Waals surface area contributed by atoms with Gasteiger partial charge in [0.05, 0.1) is 0 Å². The molecule has 2 radical (unpaired) electrons. The molecule has 2 heteroatoms. The first kappa shape index (κ1) is 18.1. The van der Waals surface area contributed by atoms with Gasteiger partial charge in [-0.3, -0.25) is 0 Å². The van der Waals surface area contributed by atoms with Gasteiger partial charge in [0.1, 0.15) is 0 Å². The summed E-state index contributed by atoms with van der Waals surface area (Å²) in [7, 11) is 1.28. The van der Waals surface area contributed by atoms with E-state index in [1.54, 1.807) is 0 Å². The average molecular weight is 332 g/mol. The molecule has 0 heterocycles. The summed E-state index contributed by atoms with van der Waals surface area (Å²) in [5.41, 5.74) is 0. The molecule has 2 aromatic carbocycles. The molecule has 0 aliphatic carbocycles. The maximum atomic E-state index is 2.15. The van der Waals surface area contributed by atoms with Gasteiger partial charge in [0.25, 0.3) is 0 Å². The van der Waals surface area contributed by atoms with E-state index in [1.165, 1.54) is 19.2 Å². The average Bonchev–Trinajstić information content (AvgIpc) is 2.21. The Labute approximate surface area is 120 Å². The predicted molar refractivity (Wildman–Crippen MR) is 78.3 cm³/mol. The van der Waals surface area contributed by atoms with Gasteiger partial charge >= 0.3 is 25.8 Å². The number of hydrogen-bond acceptors (Lipinski definition) is 0. The summed E-state index contributed by atoms with van der Waals surface area (Å²) in [4.78, 5) is 0. The second-order valence-corrected chi connectivity index (χ2v) is 4.04. The Hall–Kier alpha value is -0.260. The van der Waals surface area contributed by atoms with Crippen LogP contribution in [0.15, 0.2) is 60.7 Å². The van der Waals surface area contributed by atoms with Crippen LogP contribution in [0.4, 0.5) is 0 Å². The molecule has 0 amide bonds. The van der Waals surface area contributed by atoms with Gasteiger partial charge in [-0.25, -0.2) is 10.6 Å². The van der Waals surface area contributed by atoms with E-state index in [-0.39, 0.29) is 40.7 Å². The molecule has 0 aliphatic rings. The number of benzene rings is 2. The Balaban J connectivity index is 0. The molecule has 0 fully saturated rings. The summed E-state index contributed by atoms with van der Waals surface area (Å²) < 4.78 is 0. The first-order valence-electron chi connectivity index (χ1n) is 4.27. The molecule has 0 bridgehead atoms. The van der Waals surface area contributed by atoms with E-state index in [2.05, 4.69) is 48.5 Å². The maximum Gasteiger partial charge on any atom is 1.00 e. The Morgan fingerprint density at radius 3 is 1.19 bits per heavy atom. The second-order valence-electron chi connectivity index (χ2n) is 2.78. The van der Waals surface area contributed by atoms with Crippen molar-refractivity contribution in [2.24, 2.45) is 0 Å². The third kappa shape index (κ3) is 5.72. The molecule has 2 rings (SSSR count). The van der Waals surface area contributed by atoms with Crippen molar-refractivity contribution in [3.63, 3.8) is 0 Å². The topological polar surface area (TPSA) is 0 Å². The fourth-order valence-corrected chi connectivity index (χ4v) is 2.09. The van der Waals surface area contributed by atoms with Crippen LogP contribution in [0.1, 0.15) is 14.9 Å². The van der Waals surface area contributed by atoms with E-state index in [9.17, 15) is 0 Å². The Morgan fingerprint density at radius 1 is 0.562 bits per heavy atom. The molecule has 0 aromatic heterocycles. The van der Waals surface area contributed by atoms with Crippen molar-refractivity contribution >= 4 is 45.0 Å².